The maximum atomic E-state index is 10.8. The molecule has 1 atom stereocenters. The van der Waals surface area contributed by atoms with E-state index in [0.717, 1.165) is 11.6 Å². The predicted octanol–water partition coefficient (Wildman–Crippen LogP) is 3.60. The molecule has 2 rings (SSSR count). The SMILES string of the molecule is CC(=O)Oc1ccc(NC(C)C2CCCC2)cc1. The van der Waals surface area contributed by atoms with Gasteiger partial charge in [0.15, 0.2) is 0 Å². The van der Waals surface area contributed by atoms with Crippen LogP contribution in [0.1, 0.15) is 39.5 Å². The molecule has 1 N–H and O–H groups in total. The standard InChI is InChI=1S/C15H21NO2/c1-11(13-5-3-4-6-13)16-14-7-9-15(10-8-14)18-12(2)17/h7-11,13,16H,3-6H2,1-2H3. The van der Waals surface area contributed by atoms with E-state index in [1.807, 2.05) is 24.3 Å². The van der Waals surface area contributed by atoms with Gasteiger partial charge in [0.05, 0.1) is 0 Å². The van der Waals surface area contributed by atoms with Crippen molar-refractivity contribution in [3.05, 3.63) is 24.3 Å². The monoisotopic (exact) mass is 247 g/mol. The molecule has 1 aliphatic carbocycles. The Balaban J connectivity index is 1.91. The molecule has 1 aromatic rings. The highest BCUT2D eigenvalue weighted by Crippen LogP contribution is 2.29. The normalized spacial score (nSPS) is 17.4. The Labute approximate surface area is 109 Å². The summed E-state index contributed by atoms with van der Waals surface area (Å²) >= 11 is 0. The van der Waals surface area contributed by atoms with Gasteiger partial charge in [-0.05, 0) is 49.9 Å². The van der Waals surface area contributed by atoms with Gasteiger partial charge in [-0.25, -0.2) is 0 Å². The van der Waals surface area contributed by atoms with Crippen molar-refractivity contribution in [2.45, 2.75) is 45.6 Å². The van der Waals surface area contributed by atoms with E-state index >= 15 is 0 Å². The zero-order valence-electron chi connectivity index (χ0n) is 11.1. The fraction of sp³-hybridized carbons (Fsp3) is 0.533. The summed E-state index contributed by atoms with van der Waals surface area (Å²) in [7, 11) is 0. The molecular weight excluding hydrogens is 226 g/mol. The summed E-state index contributed by atoms with van der Waals surface area (Å²) < 4.78 is 5.01. The van der Waals surface area contributed by atoms with Crippen LogP contribution in [0.3, 0.4) is 0 Å². The first-order chi connectivity index (χ1) is 8.65. The Morgan fingerprint density at radius 3 is 2.44 bits per heavy atom. The van der Waals surface area contributed by atoms with Crippen LogP contribution in [0.15, 0.2) is 24.3 Å². The van der Waals surface area contributed by atoms with E-state index in [1.165, 1.54) is 32.6 Å². The Morgan fingerprint density at radius 1 is 1.28 bits per heavy atom. The topological polar surface area (TPSA) is 38.3 Å². The van der Waals surface area contributed by atoms with Gasteiger partial charge in [-0.15, -0.1) is 0 Å². The van der Waals surface area contributed by atoms with Crippen LogP contribution in [0.4, 0.5) is 5.69 Å². The van der Waals surface area contributed by atoms with E-state index in [2.05, 4.69) is 12.2 Å². The highest BCUT2D eigenvalue weighted by Gasteiger charge is 2.21. The molecule has 0 amide bonds. The summed E-state index contributed by atoms with van der Waals surface area (Å²) in [5.41, 5.74) is 1.09. The molecule has 0 bridgehead atoms. The molecule has 98 valence electrons. The second-order valence-electron chi connectivity index (χ2n) is 5.10. The van der Waals surface area contributed by atoms with Gasteiger partial charge in [-0.3, -0.25) is 4.79 Å². The molecule has 1 aliphatic rings. The first kappa shape index (κ1) is 12.9. The first-order valence-electron chi connectivity index (χ1n) is 6.70. The quantitative estimate of drug-likeness (QED) is 0.652. The Morgan fingerprint density at radius 2 is 1.89 bits per heavy atom. The molecule has 0 heterocycles. The van der Waals surface area contributed by atoms with Gasteiger partial charge in [0, 0.05) is 18.7 Å². The molecule has 0 radical (unpaired) electrons. The number of hydrogen-bond acceptors (Lipinski definition) is 3. The molecule has 0 aromatic heterocycles. The van der Waals surface area contributed by atoms with Crippen molar-refractivity contribution in [1.82, 2.24) is 0 Å². The lowest BCUT2D eigenvalue weighted by Gasteiger charge is -2.21. The molecule has 0 saturated heterocycles. The van der Waals surface area contributed by atoms with Crippen molar-refractivity contribution in [2.75, 3.05) is 5.32 Å². The average Bonchev–Trinajstić information content (AvgIpc) is 2.84. The lowest BCUT2D eigenvalue weighted by molar-refractivity contribution is -0.131. The van der Waals surface area contributed by atoms with E-state index in [4.69, 9.17) is 4.74 Å². The first-order valence-corrected chi connectivity index (χ1v) is 6.70. The van der Waals surface area contributed by atoms with E-state index in [-0.39, 0.29) is 5.97 Å². The van der Waals surface area contributed by atoms with Crippen LogP contribution in [-0.2, 0) is 4.79 Å². The number of benzene rings is 1. The number of esters is 1. The largest absolute Gasteiger partial charge is 0.427 e. The third-order valence-electron chi connectivity index (χ3n) is 3.62. The molecule has 0 spiro atoms. The van der Waals surface area contributed by atoms with Crippen LogP contribution in [-0.4, -0.2) is 12.0 Å². The van der Waals surface area contributed by atoms with Crippen molar-refractivity contribution in [3.8, 4) is 5.75 Å². The number of ether oxygens (including phenoxy) is 1. The van der Waals surface area contributed by atoms with Crippen LogP contribution in [0.5, 0.6) is 5.75 Å². The van der Waals surface area contributed by atoms with E-state index in [1.54, 1.807) is 0 Å². The van der Waals surface area contributed by atoms with Crippen molar-refractivity contribution < 1.29 is 9.53 Å². The van der Waals surface area contributed by atoms with Gasteiger partial charge in [-0.1, -0.05) is 12.8 Å². The molecule has 3 nitrogen and oxygen atoms in total. The summed E-state index contributed by atoms with van der Waals surface area (Å²) in [5.74, 6) is 1.11. The number of rotatable bonds is 4. The minimum absolute atomic E-state index is 0.282. The van der Waals surface area contributed by atoms with Crippen molar-refractivity contribution in [2.24, 2.45) is 5.92 Å². The van der Waals surface area contributed by atoms with Crippen LogP contribution in [0.25, 0.3) is 0 Å². The highest BCUT2D eigenvalue weighted by atomic mass is 16.5. The lowest BCUT2D eigenvalue weighted by atomic mass is 9.99. The minimum atomic E-state index is -0.282. The fourth-order valence-electron chi connectivity index (χ4n) is 2.62. The van der Waals surface area contributed by atoms with E-state index in [9.17, 15) is 4.79 Å². The maximum absolute atomic E-state index is 10.8. The Hall–Kier alpha value is -1.51. The third-order valence-corrected chi connectivity index (χ3v) is 3.62. The predicted molar refractivity (Wildman–Crippen MR) is 72.8 cm³/mol. The molecule has 18 heavy (non-hydrogen) atoms. The molecular formula is C15H21NO2. The number of carbonyl (C=O) groups is 1. The number of carbonyl (C=O) groups excluding carboxylic acids is 1. The second kappa shape index (κ2) is 5.89. The van der Waals surface area contributed by atoms with Crippen LogP contribution in [0.2, 0.25) is 0 Å². The molecule has 0 aliphatic heterocycles. The van der Waals surface area contributed by atoms with Crippen molar-refractivity contribution in [1.29, 1.82) is 0 Å². The summed E-state index contributed by atoms with van der Waals surface area (Å²) in [6, 6.07) is 8.08. The van der Waals surface area contributed by atoms with Crippen molar-refractivity contribution in [3.63, 3.8) is 0 Å². The fourth-order valence-corrected chi connectivity index (χ4v) is 2.62. The number of hydrogen-bond donors (Lipinski definition) is 1. The van der Waals surface area contributed by atoms with Gasteiger partial charge in [0.25, 0.3) is 0 Å². The van der Waals surface area contributed by atoms with Gasteiger partial charge in [0.2, 0.25) is 0 Å². The summed E-state index contributed by atoms with van der Waals surface area (Å²) in [4.78, 5) is 10.8. The van der Waals surface area contributed by atoms with E-state index < -0.39 is 0 Å². The summed E-state index contributed by atoms with van der Waals surface area (Å²) in [5, 5.41) is 3.52. The minimum Gasteiger partial charge on any atom is -0.427 e. The van der Waals surface area contributed by atoms with Crippen LogP contribution >= 0.6 is 0 Å². The lowest BCUT2D eigenvalue weighted by Crippen LogP contribution is -2.23. The molecule has 3 heteroatoms. The molecule has 1 fully saturated rings. The number of anilines is 1. The number of nitrogens with one attached hydrogen (secondary N) is 1. The molecule has 1 aromatic carbocycles. The Kier molecular flexibility index (Phi) is 4.24. The summed E-state index contributed by atoms with van der Waals surface area (Å²) in [6.07, 6.45) is 5.39. The second-order valence-corrected chi connectivity index (χ2v) is 5.10. The van der Waals surface area contributed by atoms with Gasteiger partial charge >= 0.3 is 5.97 Å². The van der Waals surface area contributed by atoms with Gasteiger partial charge in [0.1, 0.15) is 5.75 Å². The van der Waals surface area contributed by atoms with Crippen molar-refractivity contribution >= 4 is 11.7 Å². The molecule has 1 saturated carbocycles. The zero-order valence-corrected chi connectivity index (χ0v) is 11.1. The smallest absolute Gasteiger partial charge is 0.308 e. The maximum Gasteiger partial charge on any atom is 0.308 e. The van der Waals surface area contributed by atoms with Crippen LogP contribution < -0.4 is 10.1 Å². The molecule has 1 unspecified atom stereocenters. The van der Waals surface area contributed by atoms with Crippen LogP contribution in [0, 0.1) is 5.92 Å². The average molecular weight is 247 g/mol. The van der Waals surface area contributed by atoms with E-state index in [0.29, 0.717) is 11.8 Å². The highest BCUT2D eigenvalue weighted by molar-refractivity contribution is 5.69. The zero-order chi connectivity index (χ0) is 13.0. The van der Waals surface area contributed by atoms with Gasteiger partial charge < -0.3 is 10.1 Å². The van der Waals surface area contributed by atoms with Gasteiger partial charge in [-0.2, -0.15) is 0 Å². The Bertz CT molecular complexity index is 393. The summed E-state index contributed by atoms with van der Waals surface area (Å²) in [6.45, 7) is 3.66. The third kappa shape index (κ3) is 3.49.